The normalized spacial score (nSPS) is 10.9. The van der Waals surface area contributed by atoms with E-state index < -0.39 is 0 Å². The Hall–Kier alpha value is -2.81. The second-order valence-electron chi connectivity index (χ2n) is 6.90. The smallest absolute Gasteiger partial charge is 0.272 e. The van der Waals surface area contributed by atoms with Gasteiger partial charge in [-0.05, 0) is 41.6 Å². The fourth-order valence-electron chi connectivity index (χ4n) is 3.21. The molecule has 0 saturated heterocycles. The van der Waals surface area contributed by atoms with Crippen molar-refractivity contribution in [2.24, 2.45) is 0 Å². The van der Waals surface area contributed by atoms with Gasteiger partial charge in [-0.15, -0.1) is 11.3 Å². The molecule has 0 radical (unpaired) electrons. The number of halogens is 1. The monoisotopic (exact) mass is 485 g/mol. The number of fused-ring (bicyclic) bond motifs is 1. The number of aromatic nitrogens is 2. The number of anilines is 1. The van der Waals surface area contributed by atoms with E-state index >= 15 is 0 Å². The van der Waals surface area contributed by atoms with Gasteiger partial charge in [0.1, 0.15) is 10.4 Å². The van der Waals surface area contributed by atoms with Crippen LogP contribution in [0.5, 0.6) is 5.75 Å². The number of amides is 1. The van der Waals surface area contributed by atoms with E-state index in [1.165, 1.54) is 30.2 Å². The van der Waals surface area contributed by atoms with Crippen LogP contribution in [0.25, 0.3) is 10.2 Å². The van der Waals surface area contributed by atoms with Gasteiger partial charge < -0.3 is 10.1 Å². The third-order valence-electron chi connectivity index (χ3n) is 4.77. The number of nitrogens with zero attached hydrogens (tertiary/aromatic N) is 2. The van der Waals surface area contributed by atoms with Crippen LogP contribution >= 0.6 is 34.7 Å². The zero-order valence-corrected chi connectivity index (χ0v) is 19.6. The Kier molecular flexibility index (Phi) is 7.14. The maximum Gasteiger partial charge on any atom is 0.272 e. The number of aryl methyl sites for hydroxylation is 1. The van der Waals surface area contributed by atoms with E-state index in [1.807, 2.05) is 41.8 Å². The average molecular weight is 486 g/mol. The Morgan fingerprint density at radius 1 is 1.22 bits per heavy atom. The molecule has 0 saturated carbocycles. The van der Waals surface area contributed by atoms with E-state index in [0.717, 1.165) is 5.56 Å². The fourth-order valence-corrected chi connectivity index (χ4v) is 4.99. The van der Waals surface area contributed by atoms with Crippen LogP contribution in [0.4, 0.5) is 5.69 Å². The fraction of sp³-hybridized carbons (Fsp3) is 0.174. The highest BCUT2D eigenvalue weighted by molar-refractivity contribution is 7.99. The van der Waals surface area contributed by atoms with Gasteiger partial charge in [-0.1, -0.05) is 53.7 Å². The molecular formula is C23H20ClN3O3S2. The number of hydrogen-bond donors (Lipinski definition) is 1. The first-order valence-electron chi connectivity index (χ1n) is 9.83. The van der Waals surface area contributed by atoms with Gasteiger partial charge in [0.25, 0.3) is 5.56 Å². The van der Waals surface area contributed by atoms with Crippen LogP contribution in [0.15, 0.2) is 69.9 Å². The first-order chi connectivity index (χ1) is 15.5. The van der Waals surface area contributed by atoms with Crippen molar-refractivity contribution in [3.8, 4) is 5.75 Å². The van der Waals surface area contributed by atoms with Crippen molar-refractivity contribution in [1.82, 2.24) is 9.55 Å². The summed E-state index contributed by atoms with van der Waals surface area (Å²) in [5.41, 5.74) is 2.19. The zero-order chi connectivity index (χ0) is 22.5. The predicted molar refractivity (Wildman–Crippen MR) is 131 cm³/mol. The van der Waals surface area contributed by atoms with Crippen molar-refractivity contribution in [3.05, 3.63) is 80.9 Å². The number of rotatable bonds is 8. The Morgan fingerprint density at radius 2 is 2.03 bits per heavy atom. The third kappa shape index (κ3) is 5.15. The van der Waals surface area contributed by atoms with Crippen molar-refractivity contribution in [2.75, 3.05) is 18.2 Å². The lowest BCUT2D eigenvalue weighted by Crippen LogP contribution is -2.24. The maximum absolute atomic E-state index is 13.1. The molecule has 32 heavy (non-hydrogen) atoms. The summed E-state index contributed by atoms with van der Waals surface area (Å²) < 4.78 is 7.55. The second-order valence-corrected chi connectivity index (χ2v) is 9.20. The molecule has 0 aliphatic heterocycles. The standard InChI is InChI=1S/C23H20ClN3O3S2/c1-30-19-8-7-16(24)13-18(19)25-20(28)14-32-23-26-17-10-12-31-21(17)22(29)27(23)11-9-15-5-3-2-4-6-15/h2-8,10,12-13H,9,11,14H2,1H3,(H,25,28). The quantitative estimate of drug-likeness (QED) is 0.278. The van der Waals surface area contributed by atoms with Crippen molar-refractivity contribution in [2.45, 2.75) is 18.1 Å². The molecule has 0 bridgehead atoms. The number of carbonyl (C=O) groups is 1. The van der Waals surface area contributed by atoms with Gasteiger partial charge in [-0.3, -0.25) is 14.2 Å². The number of carbonyl (C=O) groups excluding carboxylic acids is 1. The topological polar surface area (TPSA) is 73.2 Å². The molecule has 4 aromatic rings. The molecule has 2 heterocycles. The minimum atomic E-state index is -0.246. The molecule has 0 atom stereocenters. The van der Waals surface area contributed by atoms with E-state index in [9.17, 15) is 9.59 Å². The summed E-state index contributed by atoms with van der Waals surface area (Å²) in [6.07, 6.45) is 0.693. The van der Waals surface area contributed by atoms with Crippen LogP contribution in [0.1, 0.15) is 5.56 Å². The van der Waals surface area contributed by atoms with Gasteiger partial charge in [0.05, 0.1) is 24.1 Å². The lowest BCUT2D eigenvalue weighted by molar-refractivity contribution is -0.113. The highest BCUT2D eigenvalue weighted by Gasteiger charge is 2.15. The molecule has 1 amide bonds. The number of ether oxygens (including phenoxy) is 1. The number of thioether (sulfide) groups is 1. The predicted octanol–water partition coefficient (Wildman–Crippen LogP) is 5.09. The van der Waals surface area contributed by atoms with E-state index in [4.69, 9.17) is 16.3 Å². The zero-order valence-electron chi connectivity index (χ0n) is 17.2. The second kappa shape index (κ2) is 10.2. The van der Waals surface area contributed by atoms with Gasteiger partial charge >= 0.3 is 0 Å². The summed E-state index contributed by atoms with van der Waals surface area (Å²) in [7, 11) is 1.53. The molecule has 0 aliphatic carbocycles. The number of nitrogens with one attached hydrogen (secondary N) is 1. The molecule has 0 spiro atoms. The Balaban J connectivity index is 1.53. The van der Waals surface area contributed by atoms with Crippen LogP contribution < -0.4 is 15.6 Å². The van der Waals surface area contributed by atoms with Gasteiger partial charge in [0, 0.05) is 11.6 Å². The molecule has 0 aliphatic rings. The van der Waals surface area contributed by atoms with Crippen molar-refractivity contribution >= 4 is 56.5 Å². The maximum atomic E-state index is 13.1. The van der Waals surface area contributed by atoms with Crippen LogP contribution in [0, 0.1) is 0 Å². The lowest BCUT2D eigenvalue weighted by Gasteiger charge is -2.13. The van der Waals surface area contributed by atoms with Gasteiger partial charge in [0.2, 0.25) is 5.91 Å². The summed E-state index contributed by atoms with van der Waals surface area (Å²) in [5, 5.41) is 5.68. The summed E-state index contributed by atoms with van der Waals surface area (Å²) in [4.78, 5) is 30.3. The number of thiophene rings is 1. The molecule has 1 N–H and O–H groups in total. The number of benzene rings is 2. The van der Waals surface area contributed by atoms with E-state index in [1.54, 1.807) is 22.8 Å². The average Bonchev–Trinajstić information content (AvgIpc) is 3.27. The SMILES string of the molecule is COc1ccc(Cl)cc1NC(=O)CSc1nc2ccsc2c(=O)n1CCc1ccccc1. The van der Waals surface area contributed by atoms with Crippen molar-refractivity contribution in [1.29, 1.82) is 0 Å². The van der Waals surface area contributed by atoms with Crippen LogP contribution in [0.3, 0.4) is 0 Å². The van der Waals surface area contributed by atoms with E-state index in [0.29, 0.717) is 44.8 Å². The molecule has 2 aromatic heterocycles. The van der Waals surface area contributed by atoms with Gasteiger partial charge in [-0.25, -0.2) is 4.98 Å². The number of hydrogen-bond acceptors (Lipinski definition) is 6. The molecule has 0 unspecified atom stereocenters. The van der Waals surface area contributed by atoms with Crippen LogP contribution in [-0.4, -0.2) is 28.3 Å². The summed E-state index contributed by atoms with van der Waals surface area (Å²) >= 11 is 8.65. The highest BCUT2D eigenvalue weighted by Crippen LogP contribution is 2.28. The Labute approximate surface area is 198 Å². The molecule has 0 fully saturated rings. The number of methoxy groups -OCH3 is 1. The van der Waals surface area contributed by atoms with Gasteiger partial charge in [-0.2, -0.15) is 0 Å². The van der Waals surface area contributed by atoms with Gasteiger partial charge in [0.15, 0.2) is 5.16 Å². The molecular weight excluding hydrogens is 466 g/mol. The minimum Gasteiger partial charge on any atom is -0.495 e. The lowest BCUT2D eigenvalue weighted by atomic mass is 10.1. The largest absolute Gasteiger partial charge is 0.495 e. The summed E-state index contributed by atoms with van der Waals surface area (Å²) in [6, 6.07) is 16.8. The first-order valence-corrected chi connectivity index (χ1v) is 12.1. The Bertz CT molecular complexity index is 1310. The molecule has 9 heteroatoms. The first kappa shape index (κ1) is 22.4. The Morgan fingerprint density at radius 3 is 2.81 bits per heavy atom. The molecule has 4 rings (SSSR count). The van der Waals surface area contributed by atoms with Crippen molar-refractivity contribution < 1.29 is 9.53 Å². The minimum absolute atomic E-state index is 0.0830. The summed E-state index contributed by atoms with van der Waals surface area (Å²) in [5.74, 6) is 0.360. The molecule has 2 aromatic carbocycles. The van der Waals surface area contributed by atoms with Crippen LogP contribution in [-0.2, 0) is 17.8 Å². The van der Waals surface area contributed by atoms with E-state index in [2.05, 4.69) is 10.3 Å². The summed E-state index contributed by atoms with van der Waals surface area (Å²) in [6.45, 7) is 0.482. The van der Waals surface area contributed by atoms with Crippen molar-refractivity contribution in [3.63, 3.8) is 0 Å². The third-order valence-corrected chi connectivity index (χ3v) is 6.87. The van der Waals surface area contributed by atoms with Crippen LogP contribution in [0.2, 0.25) is 5.02 Å². The molecule has 164 valence electrons. The molecule has 6 nitrogen and oxygen atoms in total. The highest BCUT2D eigenvalue weighted by atomic mass is 35.5. The van der Waals surface area contributed by atoms with E-state index in [-0.39, 0.29) is 17.2 Å².